The van der Waals surface area contributed by atoms with Gasteiger partial charge in [0.2, 0.25) is 5.91 Å². The molecule has 7 nitrogen and oxygen atoms in total. The zero-order valence-corrected chi connectivity index (χ0v) is 11.3. The summed E-state index contributed by atoms with van der Waals surface area (Å²) in [4.78, 5) is 33.0. The standard InChI is InChI=1S/C13H13FN2O5/c1-13(2)9(10(13)12(18)19)11(17)15-8-5-6(16(20)21)3-4-7(8)14/h3-5,9-10H,1-2H3,(H,15,17)(H,18,19)/t9-,10+/m1/s1. The molecule has 2 rings (SSSR count). The highest BCUT2D eigenvalue weighted by molar-refractivity contribution is 5.99. The lowest BCUT2D eigenvalue weighted by Crippen LogP contribution is -2.18. The molecule has 1 aromatic carbocycles. The lowest BCUT2D eigenvalue weighted by Gasteiger charge is -2.07. The van der Waals surface area contributed by atoms with Crippen molar-refractivity contribution in [3.05, 3.63) is 34.1 Å². The van der Waals surface area contributed by atoms with Crippen LogP contribution in [0.25, 0.3) is 0 Å². The number of carboxylic acids is 1. The van der Waals surface area contributed by atoms with E-state index in [-0.39, 0.29) is 11.4 Å². The lowest BCUT2D eigenvalue weighted by molar-refractivity contribution is -0.384. The fourth-order valence-corrected chi connectivity index (χ4v) is 2.52. The molecule has 8 heteroatoms. The Kier molecular flexibility index (Phi) is 3.40. The van der Waals surface area contributed by atoms with Gasteiger partial charge in [-0.15, -0.1) is 0 Å². The first kappa shape index (κ1) is 14.9. The number of amides is 1. The van der Waals surface area contributed by atoms with E-state index in [0.717, 1.165) is 18.2 Å². The maximum Gasteiger partial charge on any atom is 0.307 e. The molecule has 0 spiro atoms. The quantitative estimate of drug-likeness (QED) is 0.652. The van der Waals surface area contributed by atoms with Crippen molar-refractivity contribution >= 4 is 23.3 Å². The van der Waals surface area contributed by atoms with E-state index < -0.39 is 39.9 Å². The summed E-state index contributed by atoms with van der Waals surface area (Å²) in [7, 11) is 0. The third-order valence-corrected chi connectivity index (χ3v) is 3.79. The minimum Gasteiger partial charge on any atom is -0.481 e. The number of carbonyl (C=O) groups is 2. The largest absolute Gasteiger partial charge is 0.481 e. The molecule has 0 bridgehead atoms. The molecule has 1 aliphatic rings. The molecule has 0 heterocycles. The van der Waals surface area contributed by atoms with Crippen LogP contribution >= 0.6 is 0 Å². The Bertz CT molecular complexity index is 643. The zero-order valence-electron chi connectivity index (χ0n) is 11.3. The zero-order chi connectivity index (χ0) is 15.9. The molecule has 1 fully saturated rings. The number of nitrogens with zero attached hydrogens (tertiary/aromatic N) is 1. The van der Waals surface area contributed by atoms with Gasteiger partial charge in [-0.1, -0.05) is 13.8 Å². The SMILES string of the molecule is CC1(C)[C@H](C(=O)O)[C@@H]1C(=O)Nc1cc([N+](=O)[O-])ccc1F. The number of rotatable bonds is 4. The van der Waals surface area contributed by atoms with Gasteiger partial charge >= 0.3 is 5.97 Å². The highest BCUT2D eigenvalue weighted by atomic mass is 19.1. The summed E-state index contributed by atoms with van der Waals surface area (Å²) in [5, 5.41) is 21.9. The van der Waals surface area contributed by atoms with Crippen LogP contribution in [0.5, 0.6) is 0 Å². The molecule has 1 amide bonds. The average Bonchev–Trinajstić information content (AvgIpc) is 2.95. The Morgan fingerprint density at radius 2 is 2.00 bits per heavy atom. The Hall–Kier alpha value is -2.51. The molecule has 0 radical (unpaired) electrons. The Labute approximate surface area is 118 Å². The van der Waals surface area contributed by atoms with Crippen LogP contribution in [0.15, 0.2) is 18.2 Å². The summed E-state index contributed by atoms with van der Waals surface area (Å²) in [6, 6.07) is 2.75. The molecule has 112 valence electrons. The number of hydrogen-bond acceptors (Lipinski definition) is 4. The molecule has 21 heavy (non-hydrogen) atoms. The van der Waals surface area contributed by atoms with Gasteiger partial charge in [0.25, 0.3) is 5.69 Å². The average molecular weight is 296 g/mol. The Balaban J connectivity index is 2.20. The van der Waals surface area contributed by atoms with E-state index in [2.05, 4.69) is 5.32 Å². The monoisotopic (exact) mass is 296 g/mol. The number of anilines is 1. The molecule has 0 unspecified atom stereocenters. The number of non-ortho nitro benzene ring substituents is 1. The molecule has 2 N–H and O–H groups in total. The van der Waals surface area contributed by atoms with E-state index >= 15 is 0 Å². The second-order valence-corrected chi connectivity index (χ2v) is 5.53. The predicted molar refractivity (Wildman–Crippen MR) is 70.1 cm³/mol. The number of carbonyl (C=O) groups excluding carboxylic acids is 1. The van der Waals surface area contributed by atoms with Crippen LogP contribution in [0.3, 0.4) is 0 Å². The molecule has 1 aliphatic carbocycles. The molecule has 1 saturated carbocycles. The highest BCUT2D eigenvalue weighted by Gasteiger charge is 2.65. The molecule has 0 aromatic heterocycles. The van der Waals surface area contributed by atoms with Crippen molar-refractivity contribution in [1.29, 1.82) is 0 Å². The number of halogens is 1. The number of nitro groups is 1. The van der Waals surface area contributed by atoms with E-state index in [1.165, 1.54) is 0 Å². The minimum atomic E-state index is -1.10. The van der Waals surface area contributed by atoms with Gasteiger partial charge in [0, 0.05) is 12.1 Å². The van der Waals surface area contributed by atoms with Crippen molar-refractivity contribution in [3.8, 4) is 0 Å². The fourth-order valence-electron chi connectivity index (χ4n) is 2.52. The number of nitrogens with one attached hydrogen (secondary N) is 1. The van der Waals surface area contributed by atoms with Crippen LogP contribution in [0, 0.1) is 33.2 Å². The van der Waals surface area contributed by atoms with Crippen LogP contribution in [-0.4, -0.2) is 21.9 Å². The van der Waals surface area contributed by atoms with Gasteiger partial charge in [-0.05, 0) is 11.5 Å². The van der Waals surface area contributed by atoms with Crippen molar-refractivity contribution in [2.45, 2.75) is 13.8 Å². The maximum absolute atomic E-state index is 13.6. The maximum atomic E-state index is 13.6. The molecular formula is C13H13FN2O5. The van der Waals surface area contributed by atoms with Crippen LogP contribution in [0.1, 0.15) is 13.8 Å². The minimum absolute atomic E-state index is 0.332. The molecule has 0 aliphatic heterocycles. The van der Waals surface area contributed by atoms with Gasteiger partial charge < -0.3 is 10.4 Å². The summed E-state index contributed by atoms with van der Waals surface area (Å²) in [6.07, 6.45) is 0. The van der Waals surface area contributed by atoms with Crippen molar-refractivity contribution in [2.24, 2.45) is 17.3 Å². The topological polar surface area (TPSA) is 110 Å². The molecule has 0 saturated heterocycles. The van der Waals surface area contributed by atoms with Gasteiger partial charge in [-0.2, -0.15) is 0 Å². The summed E-state index contributed by atoms with van der Waals surface area (Å²) < 4.78 is 13.6. The first-order chi connectivity index (χ1) is 9.66. The fraction of sp³-hybridized carbons (Fsp3) is 0.385. The van der Waals surface area contributed by atoms with Gasteiger partial charge in [-0.25, -0.2) is 4.39 Å². The second-order valence-electron chi connectivity index (χ2n) is 5.53. The van der Waals surface area contributed by atoms with E-state index in [1.54, 1.807) is 13.8 Å². The number of hydrogen-bond donors (Lipinski definition) is 2. The number of aliphatic carboxylic acids is 1. The first-order valence-corrected chi connectivity index (χ1v) is 6.14. The van der Waals surface area contributed by atoms with Crippen LogP contribution in [0.2, 0.25) is 0 Å². The van der Waals surface area contributed by atoms with Gasteiger partial charge in [0.1, 0.15) is 5.82 Å². The number of benzene rings is 1. The first-order valence-electron chi connectivity index (χ1n) is 6.14. The van der Waals surface area contributed by atoms with E-state index in [0.29, 0.717) is 0 Å². The predicted octanol–water partition coefficient (Wildman–Crippen LogP) is 2.03. The third kappa shape index (κ3) is 2.56. The van der Waals surface area contributed by atoms with Crippen molar-refractivity contribution in [2.75, 3.05) is 5.32 Å². The summed E-state index contributed by atoms with van der Waals surface area (Å²) in [6.45, 7) is 3.25. The van der Waals surface area contributed by atoms with Crippen molar-refractivity contribution < 1.29 is 24.0 Å². The normalized spacial score (nSPS) is 22.4. The number of nitro benzene ring substituents is 1. The summed E-state index contributed by atoms with van der Waals surface area (Å²) in [5.74, 6) is -4.22. The smallest absolute Gasteiger partial charge is 0.307 e. The Morgan fingerprint density at radius 3 is 2.48 bits per heavy atom. The lowest BCUT2D eigenvalue weighted by atomic mass is 10.1. The third-order valence-electron chi connectivity index (χ3n) is 3.79. The van der Waals surface area contributed by atoms with Crippen molar-refractivity contribution in [3.63, 3.8) is 0 Å². The van der Waals surface area contributed by atoms with Crippen LogP contribution in [0.4, 0.5) is 15.8 Å². The van der Waals surface area contributed by atoms with Crippen molar-refractivity contribution in [1.82, 2.24) is 0 Å². The van der Waals surface area contributed by atoms with Crippen LogP contribution in [-0.2, 0) is 9.59 Å². The van der Waals surface area contributed by atoms with Gasteiger partial charge in [-0.3, -0.25) is 19.7 Å². The summed E-state index contributed by atoms with van der Waals surface area (Å²) >= 11 is 0. The van der Waals surface area contributed by atoms with Gasteiger partial charge in [0.05, 0.1) is 22.4 Å². The van der Waals surface area contributed by atoms with E-state index in [1.807, 2.05) is 0 Å². The molecular weight excluding hydrogens is 283 g/mol. The molecule has 1 aromatic rings. The Morgan fingerprint density at radius 1 is 1.38 bits per heavy atom. The van der Waals surface area contributed by atoms with Crippen LogP contribution < -0.4 is 5.32 Å². The molecule has 2 atom stereocenters. The van der Waals surface area contributed by atoms with E-state index in [9.17, 15) is 24.1 Å². The summed E-state index contributed by atoms with van der Waals surface area (Å²) in [5.41, 5.74) is -1.43. The van der Waals surface area contributed by atoms with E-state index in [4.69, 9.17) is 5.11 Å². The highest BCUT2D eigenvalue weighted by Crippen LogP contribution is 2.58. The second kappa shape index (κ2) is 4.80. The van der Waals surface area contributed by atoms with Gasteiger partial charge in [0.15, 0.2) is 0 Å². The number of carboxylic acid groups (broad SMARTS) is 1.